The fourth-order valence-electron chi connectivity index (χ4n) is 6.28. The molecule has 3 aliphatic carbocycles. The first-order chi connectivity index (χ1) is 10.8. The SMILES string of the molecule is C[C@]12C(=O)O[C@@H]3CC4=C(O)C(=O)CC[C@H]4[C@@]4(CC[C@]1(O)OC4)[C@@H]32. The van der Waals surface area contributed by atoms with Gasteiger partial charge in [0.1, 0.15) is 11.5 Å². The predicted molar refractivity (Wildman–Crippen MR) is 76.0 cm³/mol. The summed E-state index contributed by atoms with van der Waals surface area (Å²) in [5, 5.41) is 21.2. The van der Waals surface area contributed by atoms with Crippen molar-refractivity contribution < 1.29 is 29.3 Å². The molecule has 3 aliphatic heterocycles. The van der Waals surface area contributed by atoms with E-state index in [-0.39, 0.29) is 34.9 Å². The van der Waals surface area contributed by atoms with Crippen molar-refractivity contribution in [1.82, 2.24) is 0 Å². The number of carbonyl (C=O) groups excluding carboxylic acids is 2. The maximum Gasteiger partial charge on any atom is 0.318 e. The number of fused-ring (bicyclic) bond motifs is 3. The molecule has 0 radical (unpaired) electrons. The number of carbonyl (C=O) groups is 2. The van der Waals surface area contributed by atoms with E-state index < -0.39 is 17.2 Å². The van der Waals surface area contributed by atoms with E-state index in [0.29, 0.717) is 32.3 Å². The highest BCUT2D eigenvalue weighted by Gasteiger charge is 2.79. The number of hydrogen-bond donors (Lipinski definition) is 2. The maximum absolute atomic E-state index is 12.6. The summed E-state index contributed by atoms with van der Waals surface area (Å²) < 4.78 is 11.4. The molecule has 2 N–H and O–H groups in total. The first-order valence-electron chi connectivity index (χ1n) is 8.36. The smallest absolute Gasteiger partial charge is 0.318 e. The first-order valence-corrected chi connectivity index (χ1v) is 8.36. The largest absolute Gasteiger partial charge is 0.504 e. The lowest BCUT2D eigenvalue weighted by Crippen LogP contribution is -2.72. The second kappa shape index (κ2) is 3.81. The molecule has 3 heterocycles. The van der Waals surface area contributed by atoms with Gasteiger partial charge in [0, 0.05) is 30.6 Å². The normalized spacial score (nSPS) is 53.9. The molecule has 6 aliphatic rings. The zero-order chi connectivity index (χ0) is 16.2. The lowest BCUT2D eigenvalue weighted by atomic mass is 9.42. The number of allylic oxidation sites excluding steroid dienone is 1. The van der Waals surface area contributed by atoms with E-state index in [9.17, 15) is 19.8 Å². The van der Waals surface area contributed by atoms with Crippen molar-refractivity contribution >= 4 is 11.8 Å². The van der Waals surface area contributed by atoms with Crippen molar-refractivity contribution in [3.05, 3.63) is 11.3 Å². The molecule has 2 saturated carbocycles. The van der Waals surface area contributed by atoms with Gasteiger partial charge < -0.3 is 19.7 Å². The lowest BCUT2D eigenvalue weighted by Gasteiger charge is -2.65. The minimum atomic E-state index is -1.46. The second-order valence-electron chi connectivity index (χ2n) is 8.02. The van der Waals surface area contributed by atoms with Crippen LogP contribution in [0, 0.1) is 22.7 Å². The Bertz CT molecular complexity index is 671. The molecule has 23 heavy (non-hydrogen) atoms. The van der Waals surface area contributed by atoms with Crippen molar-refractivity contribution in [3.63, 3.8) is 0 Å². The first kappa shape index (κ1) is 14.0. The summed E-state index contributed by atoms with van der Waals surface area (Å²) in [7, 11) is 0. The van der Waals surface area contributed by atoms with Crippen LogP contribution >= 0.6 is 0 Å². The monoisotopic (exact) mass is 320 g/mol. The van der Waals surface area contributed by atoms with Gasteiger partial charge in [-0.2, -0.15) is 0 Å². The molecule has 6 rings (SSSR count). The van der Waals surface area contributed by atoms with Crippen molar-refractivity contribution in [1.29, 1.82) is 0 Å². The zero-order valence-electron chi connectivity index (χ0n) is 13.0. The van der Waals surface area contributed by atoms with Crippen molar-refractivity contribution in [3.8, 4) is 0 Å². The molecule has 6 atom stereocenters. The van der Waals surface area contributed by atoms with Gasteiger partial charge in [-0.15, -0.1) is 0 Å². The van der Waals surface area contributed by atoms with Crippen LogP contribution in [0.4, 0.5) is 0 Å². The van der Waals surface area contributed by atoms with Crippen LogP contribution in [0.25, 0.3) is 0 Å². The average Bonchev–Trinajstić information content (AvgIpc) is 2.80. The van der Waals surface area contributed by atoms with Crippen LogP contribution in [-0.2, 0) is 19.1 Å². The van der Waals surface area contributed by atoms with E-state index in [0.717, 1.165) is 12.0 Å². The van der Waals surface area contributed by atoms with Crippen LogP contribution in [0.5, 0.6) is 0 Å². The molecule has 1 spiro atoms. The second-order valence-corrected chi connectivity index (χ2v) is 8.02. The van der Waals surface area contributed by atoms with Gasteiger partial charge in [0.15, 0.2) is 17.3 Å². The Hall–Kier alpha value is -1.40. The summed E-state index contributed by atoms with van der Waals surface area (Å²) in [5.74, 6) is -2.32. The Kier molecular flexibility index (Phi) is 2.31. The topological polar surface area (TPSA) is 93.1 Å². The highest BCUT2D eigenvalue weighted by molar-refractivity contribution is 5.95. The molecule has 6 heteroatoms. The van der Waals surface area contributed by atoms with Crippen LogP contribution in [0.2, 0.25) is 0 Å². The Morgan fingerprint density at radius 3 is 2.74 bits per heavy atom. The summed E-state index contributed by atoms with van der Waals surface area (Å²) in [6.07, 6.45) is 2.13. The quantitative estimate of drug-likeness (QED) is 0.652. The molecule has 3 saturated heterocycles. The minimum Gasteiger partial charge on any atom is -0.504 e. The lowest BCUT2D eigenvalue weighted by molar-refractivity contribution is -0.369. The summed E-state index contributed by atoms with van der Waals surface area (Å²) in [4.78, 5) is 24.5. The van der Waals surface area contributed by atoms with Crippen LogP contribution < -0.4 is 0 Å². The Morgan fingerprint density at radius 1 is 1.26 bits per heavy atom. The van der Waals surface area contributed by atoms with Crippen molar-refractivity contribution in [2.24, 2.45) is 22.7 Å². The number of hydrogen-bond acceptors (Lipinski definition) is 6. The molecule has 0 amide bonds. The highest BCUT2D eigenvalue weighted by atomic mass is 16.6. The van der Waals surface area contributed by atoms with Gasteiger partial charge in [-0.1, -0.05) is 0 Å². The van der Waals surface area contributed by atoms with Gasteiger partial charge in [0.05, 0.1) is 6.61 Å². The standard InChI is InChI=1S/C17H20O6/c1-15-13-11(23-14(15)20)6-8-9(2-3-10(18)12(8)19)16(13)4-5-17(15,21)22-7-16/h9,11,13,19,21H,2-7H2,1H3/t9-,11-,13+,15+,16+,17+/m1/s1. The zero-order valence-corrected chi connectivity index (χ0v) is 13.0. The van der Waals surface area contributed by atoms with E-state index in [4.69, 9.17) is 9.47 Å². The van der Waals surface area contributed by atoms with E-state index in [1.165, 1.54) is 0 Å². The molecule has 5 fully saturated rings. The van der Waals surface area contributed by atoms with Gasteiger partial charge in [-0.05, 0) is 31.3 Å². The molecule has 0 unspecified atom stereocenters. The third-order valence-electron chi connectivity index (χ3n) is 7.38. The number of ketones is 1. The number of rotatable bonds is 0. The Morgan fingerprint density at radius 2 is 2.04 bits per heavy atom. The number of Topliss-reactive ketones (excluding diaryl/α,β-unsaturated/α-hetero) is 1. The molecule has 2 bridgehead atoms. The minimum absolute atomic E-state index is 0.0279. The summed E-state index contributed by atoms with van der Waals surface area (Å²) in [6.45, 7) is 2.11. The van der Waals surface area contributed by atoms with Gasteiger partial charge >= 0.3 is 5.97 Å². The molecular formula is C17H20O6. The predicted octanol–water partition coefficient (Wildman–Crippen LogP) is 1.23. The highest BCUT2D eigenvalue weighted by Crippen LogP contribution is 2.72. The van der Waals surface area contributed by atoms with Gasteiger partial charge in [-0.3, -0.25) is 9.59 Å². The van der Waals surface area contributed by atoms with Crippen molar-refractivity contribution in [2.45, 2.75) is 50.9 Å². The third kappa shape index (κ3) is 1.28. The Balaban J connectivity index is 1.73. The number of aliphatic hydroxyl groups is 2. The third-order valence-corrected chi connectivity index (χ3v) is 7.38. The molecule has 124 valence electrons. The summed E-state index contributed by atoms with van der Waals surface area (Å²) >= 11 is 0. The van der Waals surface area contributed by atoms with E-state index in [2.05, 4.69) is 0 Å². The Labute approximate surface area is 133 Å². The van der Waals surface area contributed by atoms with E-state index in [1.807, 2.05) is 0 Å². The molecule has 0 aromatic carbocycles. The number of ether oxygens (including phenoxy) is 2. The van der Waals surface area contributed by atoms with E-state index >= 15 is 0 Å². The fraction of sp³-hybridized carbons (Fsp3) is 0.765. The summed E-state index contributed by atoms with van der Waals surface area (Å²) in [6, 6.07) is 0. The molecule has 0 aromatic rings. The average molecular weight is 320 g/mol. The van der Waals surface area contributed by atoms with Crippen molar-refractivity contribution in [2.75, 3.05) is 6.61 Å². The number of aliphatic hydroxyl groups excluding tert-OH is 1. The van der Waals surface area contributed by atoms with Gasteiger partial charge in [0.2, 0.25) is 0 Å². The van der Waals surface area contributed by atoms with Crippen LogP contribution in [-0.4, -0.2) is 40.5 Å². The van der Waals surface area contributed by atoms with Crippen LogP contribution in [0.15, 0.2) is 11.3 Å². The summed E-state index contributed by atoms with van der Waals surface area (Å²) in [5.41, 5.74) is -0.662. The maximum atomic E-state index is 12.6. The molecular weight excluding hydrogens is 300 g/mol. The van der Waals surface area contributed by atoms with E-state index in [1.54, 1.807) is 6.92 Å². The van der Waals surface area contributed by atoms with Crippen LogP contribution in [0.1, 0.15) is 39.0 Å². The van der Waals surface area contributed by atoms with Crippen LogP contribution in [0.3, 0.4) is 0 Å². The fourth-order valence-corrected chi connectivity index (χ4v) is 6.28. The molecule has 6 nitrogen and oxygen atoms in total. The van der Waals surface area contributed by atoms with Gasteiger partial charge in [-0.25, -0.2) is 0 Å². The van der Waals surface area contributed by atoms with Gasteiger partial charge in [0.25, 0.3) is 0 Å². The number of esters is 1. The molecule has 0 aromatic heterocycles.